The van der Waals surface area contributed by atoms with E-state index in [4.69, 9.17) is 28.1 Å². The van der Waals surface area contributed by atoms with E-state index in [1.807, 2.05) is 6.07 Å². The van der Waals surface area contributed by atoms with Crippen LogP contribution in [0.5, 0.6) is 34.5 Å². The summed E-state index contributed by atoms with van der Waals surface area (Å²) < 4.78 is 32.8. The van der Waals surface area contributed by atoms with Crippen LogP contribution in [0.4, 0.5) is 0 Å². The molecule has 0 spiro atoms. The number of benzene rings is 3. The van der Waals surface area contributed by atoms with Crippen molar-refractivity contribution >= 4 is 16.9 Å². The molecule has 190 valence electrons. The first-order valence-electron chi connectivity index (χ1n) is 11.4. The minimum Gasteiger partial charge on any atom is -0.507 e. The molecule has 9 nitrogen and oxygen atoms in total. The van der Waals surface area contributed by atoms with Gasteiger partial charge in [-0.15, -0.1) is 0 Å². The lowest BCUT2D eigenvalue weighted by Gasteiger charge is -2.26. The van der Waals surface area contributed by atoms with Crippen molar-refractivity contribution in [1.82, 2.24) is 0 Å². The van der Waals surface area contributed by atoms with E-state index in [1.165, 1.54) is 40.8 Å². The van der Waals surface area contributed by atoms with E-state index in [2.05, 4.69) is 0 Å². The maximum absolute atomic E-state index is 13.6. The summed E-state index contributed by atoms with van der Waals surface area (Å²) >= 11 is 0. The average Bonchev–Trinajstić information content (AvgIpc) is 2.91. The lowest BCUT2D eigenvalue weighted by molar-refractivity contribution is -0.135. The number of hydrogen-bond donors (Lipinski definition) is 1. The number of ether oxygens (including phenoxy) is 5. The minimum atomic E-state index is -0.519. The van der Waals surface area contributed by atoms with E-state index in [1.54, 1.807) is 30.3 Å². The van der Waals surface area contributed by atoms with E-state index in [0.29, 0.717) is 34.1 Å². The predicted octanol–water partition coefficient (Wildman–Crippen LogP) is 4.64. The molecule has 0 saturated carbocycles. The normalized spacial score (nSPS) is 14.6. The molecule has 1 aromatic heterocycles. The second-order valence-corrected chi connectivity index (χ2v) is 8.41. The smallest absolute Gasteiger partial charge is 0.312 e. The summed E-state index contributed by atoms with van der Waals surface area (Å²) in [6, 6.07) is 11.6. The average molecular weight is 504 g/mol. The van der Waals surface area contributed by atoms with Crippen molar-refractivity contribution in [3.8, 4) is 45.6 Å². The van der Waals surface area contributed by atoms with Crippen LogP contribution in [-0.4, -0.2) is 39.5 Å². The summed E-state index contributed by atoms with van der Waals surface area (Å²) in [7, 11) is 6.07. The van der Waals surface area contributed by atoms with Crippen molar-refractivity contribution < 1.29 is 38.0 Å². The van der Waals surface area contributed by atoms with Crippen molar-refractivity contribution in [2.24, 2.45) is 0 Å². The number of aromatic hydroxyl groups is 1. The zero-order valence-corrected chi connectivity index (χ0v) is 20.6. The number of hydrogen-bond acceptors (Lipinski definition) is 9. The summed E-state index contributed by atoms with van der Waals surface area (Å²) in [5, 5.41) is 10.8. The molecular formula is C28H24O9. The Kier molecular flexibility index (Phi) is 6.12. The van der Waals surface area contributed by atoms with Crippen molar-refractivity contribution in [2.75, 3.05) is 28.4 Å². The Bertz CT molecular complexity index is 1590. The van der Waals surface area contributed by atoms with Gasteiger partial charge in [-0.2, -0.15) is 0 Å². The number of carbonyl (C=O) groups is 1. The van der Waals surface area contributed by atoms with Crippen molar-refractivity contribution in [3.05, 3.63) is 70.1 Å². The maximum Gasteiger partial charge on any atom is 0.312 e. The van der Waals surface area contributed by atoms with Gasteiger partial charge in [0.1, 0.15) is 28.7 Å². The summed E-state index contributed by atoms with van der Waals surface area (Å²) in [6.07, 6.45) is 1.33. The molecule has 0 fully saturated rings. The van der Waals surface area contributed by atoms with Crippen LogP contribution < -0.4 is 29.1 Å². The zero-order valence-electron chi connectivity index (χ0n) is 20.6. The van der Waals surface area contributed by atoms with Crippen molar-refractivity contribution in [1.29, 1.82) is 0 Å². The fourth-order valence-electron chi connectivity index (χ4n) is 4.69. The van der Waals surface area contributed by atoms with Gasteiger partial charge in [0.05, 0.1) is 40.4 Å². The van der Waals surface area contributed by atoms with Crippen LogP contribution in [0.2, 0.25) is 0 Å². The Morgan fingerprint density at radius 3 is 2.16 bits per heavy atom. The monoisotopic (exact) mass is 504 g/mol. The molecule has 3 aromatic carbocycles. The van der Waals surface area contributed by atoms with E-state index in [-0.39, 0.29) is 34.5 Å². The molecule has 0 amide bonds. The van der Waals surface area contributed by atoms with Gasteiger partial charge in [-0.3, -0.25) is 9.59 Å². The van der Waals surface area contributed by atoms with Crippen LogP contribution in [0.25, 0.3) is 22.1 Å². The Morgan fingerprint density at radius 1 is 0.838 bits per heavy atom. The third-order valence-corrected chi connectivity index (χ3v) is 6.47. The number of phenols is 1. The van der Waals surface area contributed by atoms with E-state index in [0.717, 1.165) is 5.56 Å². The lowest BCUT2D eigenvalue weighted by atomic mass is 9.84. The first kappa shape index (κ1) is 24.1. The molecule has 0 radical (unpaired) electrons. The number of carbonyl (C=O) groups excluding carboxylic acids is 1. The molecule has 1 aliphatic heterocycles. The number of fused-ring (bicyclic) bond motifs is 3. The van der Waals surface area contributed by atoms with Crippen LogP contribution in [0, 0.1) is 0 Å². The minimum absolute atomic E-state index is 0.00347. The maximum atomic E-state index is 13.6. The Labute approximate surface area is 211 Å². The fourth-order valence-corrected chi connectivity index (χ4v) is 4.69. The number of esters is 1. The van der Waals surface area contributed by atoms with E-state index in [9.17, 15) is 14.7 Å². The molecule has 1 N–H and O–H groups in total. The van der Waals surface area contributed by atoms with Crippen LogP contribution in [0.15, 0.2) is 57.9 Å². The molecule has 9 heteroatoms. The quantitative estimate of drug-likeness (QED) is 0.296. The highest BCUT2D eigenvalue weighted by molar-refractivity contribution is 5.94. The molecule has 5 rings (SSSR count). The Morgan fingerprint density at radius 2 is 1.49 bits per heavy atom. The van der Waals surface area contributed by atoms with Gasteiger partial charge in [0, 0.05) is 17.5 Å². The van der Waals surface area contributed by atoms with Gasteiger partial charge in [0.2, 0.25) is 5.43 Å². The summed E-state index contributed by atoms with van der Waals surface area (Å²) in [6.45, 7) is 0. The number of phenolic OH excluding ortho intramolecular Hbond substituents is 1. The van der Waals surface area contributed by atoms with Crippen LogP contribution >= 0.6 is 0 Å². The summed E-state index contributed by atoms with van der Waals surface area (Å²) in [4.78, 5) is 26.1. The van der Waals surface area contributed by atoms with Crippen LogP contribution in [0.1, 0.15) is 23.5 Å². The standard InChI is InChI=1S/C28H24O9/c1-32-19-7-5-14(9-21(19)34-3)16-11-24(30)37-23-12-18(29)26-27(31)17(13-36-28(26)25(16)23)15-6-8-20(33-2)22(10-15)35-4/h5-10,12-13,16,29H,11H2,1-4H3/t16-/m0/s1. The van der Waals surface area contributed by atoms with Gasteiger partial charge in [0.15, 0.2) is 23.0 Å². The molecule has 37 heavy (non-hydrogen) atoms. The SMILES string of the molecule is COc1ccc(-c2coc3c4c(cc(O)c3c2=O)OC(=O)C[C@H]4c2ccc(OC)c(OC)c2)cc1OC. The molecular weight excluding hydrogens is 480 g/mol. The molecule has 0 bridgehead atoms. The second kappa shape index (κ2) is 9.42. The van der Waals surface area contributed by atoms with Crippen molar-refractivity contribution in [2.45, 2.75) is 12.3 Å². The van der Waals surface area contributed by atoms with Gasteiger partial charge in [-0.1, -0.05) is 12.1 Å². The van der Waals surface area contributed by atoms with Gasteiger partial charge in [-0.25, -0.2) is 0 Å². The molecule has 0 aliphatic carbocycles. The highest BCUT2D eigenvalue weighted by Gasteiger charge is 2.34. The highest BCUT2D eigenvalue weighted by atomic mass is 16.5. The Balaban J connectivity index is 1.72. The second-order valence-electron chi connectivity index (χ2n) is 8.41. The largest absolute Gasteiger partial charge is 0.507 e. The molecule has 4 aromatic rings. The third kappa shape index (κ3) is 3.98. The van der Waals surface area contributed by atoms with Crippen LogP contribution in [0.3, 0.4) is 0 Å². The van der Waals surface area contributed by atoms with Gasteiger partial charge in [-0.05, 0) is 35.4 Å². The predicted molar refractivity (Wildman–Crippen MR) is 134 cm³/mol. The molecule has 2 heterocycles. The Hall–Kier alpha value is -4.66. The van der Waals surface area contributed by atoms with Gasteiger partial charge < -0.3 is 33.2 Å². The highest BCUT2D eigenvalue weighted by Crippen LogP contribution is 2.47. The molecule has 1 atom stereocenters. The lowest BCUT2D eigenvalue weighted by Crippen LogP contribution is -2.22. The first-order chi connectivity index (χ1) is 17.9. The molecule has 0 saturated heterocycles. The first-order valence-corrected chi connectivity index (χ1v) is 11.4. The van der Waals surface area contributed by atoms with E-state index >= 15 is 0 Å². The summed E-state index contributed by atoms with van der Waals surface area (Å²) in [5.41, 5.74) is 1.64. The summed E-state index contributed by atoms with van der Waals surface area (Å²) in [5.74, 6) is 0.744. The van der Waals surface area contributed by atoms with Crippen LogP contribution in [-0.2, 0) is 4.79 Å². The van der Waals surface area contributed by atoms with Crippen molar-refractivity contribution in [3.63, 3.8) is 0 Å². The zero-order chi connectivity index (χ0) is 26.3. The molecule has 1 aliphatic rings. The van der Waals surface area contributed by atoms with Gasteiger partial charge >= 0.3 is 5.97 Å². The fraction of sp³-hybridized carbons (Fsp3) is 0.214. The van der Waals surface area contributed by atoms with E-state index < -0.39 is 17.3 Å². The topological polar surface area (TPSA) is 114 Å². The number of methoxy groups -OCH3 is 4. The molecule has 0 unspecified atom stereocenters. The van der Waals surface area contributed by atoms with Gasteiger partial charge in [0.25, 0.3) is 0 Å². The third-order valence-electron chi connectivity index (χ3n) is 6.47. The number of rotatable bonds is 6.